The van der Waals surface area contributed by atoms with Gasteiger partial charge < -0.3 is 24.4 Å². The summed E-state index contributed by atoms with van der Waals surface area (Å²) in [5.41, 5.74) is 1.51. The van der Waals surface area contributed by atoms with E-state index in [4.69, 9.17) is 14.2 Å². The minimum absolute atomic E-state index is 0.0580. The van der Waals surface area contributed by atoms with Gasteiger partial charge in [-0.3, -0.25) is 4.99 Å². The van der Waals surface area contributed by atoms with E-state index in [1.54, 1.807) is 23.7 Å². The van der Waals surface area contributed by atoms with Gasteiger partial charge in [0.15, 0.2) is 6.04 Å². The number of fused-ring (bicyclic) bond motifs is 1. The molecule has 2 heterocycles. The van der Waals surface area contributed by atoms with Crippen LogP contribution < -0.4 is 10.1 Å². The van der Waals surface area contributed by atoms with Crippen LogP contribution >= 0.6 is 11.8 Å². The Labute approximate surface area is 193 Å². The number of carbonyl (C=O) groups is 2. The summed E-state index contributed by atoms with van der Waals surface area (Å²) >= 11 is 1.57. The SMILES string of the molecule is COC(=O)[C@H]1CSC(C2C=Cc3cc(OCCCN(C)C(=O)OC(C)(C)C)ccc3N2)=N1. The number of rotatable bonds is 7. The molecule has 1 N–H and O–H groups in total. The summed E-state index contributed by atoms with van der Waals surface area (Å²) in [6.45, 7) is 6.59. The zero-order valence-electron chi connectivity index (χ0n) is 19.2. The van der Waals surface area contributed by atoms with Crippen molar-refractivity contribution in [2.24, 2.45) is 4.99 Å². The Balaban J connectivity index is 1.48. The fourth-order valence-electron chi connectivity index (χ4n) is 3.20. The molecule has 174 valence electrons. The van der Waals surface area contributed by atoms with E-state index in [0.717, 1.165) is 22.0 Å². The molecule has 1 aromatic carbocycles. The molecule has 0 saturated heterocycles. The molecule has 0 saturated carbocycles. The fourth-order valence-corrected chi connectivity index (χ4v) is 4.26. The molecule has 0 radical (unpaired) electrons. The lowest BCUT2D eigenvalue weighted by molar-refractivity contribution is -0.141. The molecule has 2 atom stereocenters. The normalized spacial score (nSPS) is 19.5. The largest absolute Gasteiger partial charge is 0.494 e. The Hall–Kier alpha value is -2.68. The number of nitrogens with zero attached hydrogens (tertiary/aromatic N) is 2. The Morgan fingerprint density at radius 1 is 1.31 bits per heavy atom. The molecular weight excluding hydrogens is 430 g/mol. The molecule has 32 heavy (non-hydrogen) atoms. The molecule has 0 aromatic heterocycles. The molecule has 2 aliphatic rings. The van der Waals surface area contributed by atoms with Gasteiger partial charge in [-0.15, -0.1) is 11.8 Å². The number of aliphatic imine (C=N–C) groups is 1. The average Bonchev–Trinajstić information content (AvgIpc) is 3.24. The molecule has 1 aromatic rings. The molecule has 0 fully saturated rings. The van der Waals surface area contributed by atoms with Gasteiger partial charge in [0, 0.05) is 30.6 Å². The van der Waals surface area contributed by atoms with E-state index in [0.29, 0.717) is 25.3 Å². The number of amides is 1. The fraction of sp³-hybridized carbons (Fsp3) is 0.522. The van der Waals surface area contributed by atoms with Crippen molar-refractivity contribution >= 4 is 40.6 Å². The molecule has 9 heteroatoms. The summed E-state index contributed by atoms with van der Waals surface area (Å²) in [5.74, 6) is 1.08. The van der Waals surface area contributed by atoms with Crippen LogP contribution in [0.25, 0.3) is 6.08 Å². The highest BCUT2D eigenvalue weighted by Gasteiger charge is 2.30. The van der Waals surface area contributed by atoms with Crippen LogP contribution in [0, 0.1) is 0 Å². The maximum Gasteiger partial charge on any atom is 0.410 e. The molecule has 1 amide bonds. The van der Waals surface area contributed by atoms with Crippen molar-refractivity contribution in [3.8, 4) is 5.75 Å². The van der Waals surface area contributed by atoms with Crippen LogP contribution in [0.2, 0.25) is 0 Å². The number of methoxy groups -OCH3 is 1. The summed E-state index contributed by atoms with van der Waals surface area (Å²) in [6.07, 6.45) is 4.43. The van der Waals surface area contributed by atoms with Crippen molar-refractivity contribution in [2.75, 3.05) is 38.4 Å². The van der Waals surface area contributed by atoms with Crippen molar-refractivity contribution in [3.63, 3.8) is 0 Å². The van der Waals surface area contributed by atoms with Gasteiger partial charge in [0.05, 0.1) is 24.8 Å². The summed E-state index contributed by atoms with van der Waals surface area (Å²) in [4.78, 5) is 29.7. The van der Waals surface area contributed by atoms with Gasteiger partial charge in [0.25, 0.3) is 0 Å². The smallest absolute Gasteiger partial charge is 0.410 e. The molecule has 0 bridgehead atoms. The zero-order chi connectivity index (χ0) is 23.3. The van der Waals surface area contributed by atoms with Crippen molar-refractivity contribution in [1.82, 2.24) is 4.90 Å². The Morgan fingerprint density at radius 2 is 2.09 bits per heavy atom. The second-order valence-electron chi connectivity index (χ2n) is 8.65. The third kappa shape index (κ3) is 6.41. The van der Waals surface area contributed by atoms with E-state index >= 15 is 0 Å². The Morgan fingerprint density at radius 3 is 2.81 bits per heavy atom. The van der Waals surface area contributed by atoms with Crippen LogP contribution in [0.4, 0.5) is 10.5 Å². The minimum atomic E-state index is -0.502. The summed E-state index contributed by atoms with van der Waals surface area (Å²) < 4.78 is 16.0. The van der Waals surface area contributed by atoms with Gasteiger partial charge in [-0.05, 0) is 45.4 Å². The predicted molar refractivity (Wildman–Crippen MR) is 128 cm³/mol. The molecule has 0 aliphatic carbocycles. The zero-order valence-corrected chi connectivity index (χ0v) is 20.0. The quantitative estimate of drug-likeness (QED) is 0.488. The highest BCUT2D eigenvalue weighted by molar-refractivity contribution is 8.14. The van der Waals surface area contributed by atoms with Crippen LogP contribution in [-0.2, 0) is 14.3 Å². The van der Waals surface area contributed by atoms with E-state index in [1.807, 2.05) is 51.1 Å². The minimum Gasteiger partial charge on any atom is -0.494 e. The first-order chi connectivity index (χ1) is 15.2. The number of hydrogen-bond donors (Lipinski definition) is 1. The van der Waals surface area contributed by atoms with E-state index in [1.165, 1.54) is 7.11 Å². The number of esters is 1. The third-order valence-electron chi connectivity index (χ3n) is 4.83. The van der Waals surface area contributed by atoms with Crippen LogP contribution in [0.3, 0.4) is 0 Å². The number of anilines is 1. The topological polar surface area (TPSA) is 89.5 Å². The van der Waals surface area contributed by atoms with Crippen molar-refractivity contribution in [1.29, 1.82) is 0 Å². The highest BCUT2D eigenvalue weighted by atomic mass is 32.2. The first-order valence-electron chi connectivity index (χ1n) is 10.6. The molecule has 2 aliphatic heterocycles. The van der Waals surface area contributed by atoms with Gasteiger partial charge in [-0.25, -0.2) is 9.59 Å². The first kappa shape index (κ1) is 24.0. The van der Waals surface area contributed by atoms with Gasteiger partial charge in [-0.1, -0.05) is 12.2 Å². The molecule has 3 rings (SSSR count). The van der Waals surface area contributed by atoms with Crippen LogP contribution in [0.5, 0.6) is 5.75 Å². The lowest BCUT2D eigenvalue weighted by Gasteiger charge is -2.24. The van der Waals surface area contributed by atoms with Gasteiger partial charge >= 0.3 is 12.1 Å². The van der Waals surface area contributed by atoms with Gasteiger partial charge in [-0.2, -0.15) is 0 Å². The molecular formula is C23H31N3O5S. The van der Waals surface area contributed by atoms with Gasteiger partial charge in [0.1, 0.15) is 11.4 Å². The maximum atomic E-state index is 12.0. The van der Waals surface area contributed by atoms with Gasteiger partial charge in [0.2, 0.25) is 0 Å². The van der Waals surface area contributed by atoms with Crippen molar-refractivity contribution in [2.45, 2.75) is 44.9 Å². The Kier molecular flexibility index (Phi) is 7.71. The van der Waals surface area contributed by atoms with E-state index in [-0.39, 0.29) is 18.1 Å². The first-order valence-corrected chi connectivity index (χ1v) is 11.6. The van der Waals surface area contributed by atoms with Crippen molar-refractivity contribution in [3.05, 3.63) is 29.8 Å². The number of hydrogen-bond acceptors (Lipinski definition) is 8. The monoisotopic (exact) mass is 461 g/mol. The highest BCUT2D eigenvalue weighted by Crippen LogP contribution is 2.31. The number of carbonyl (C=O) groups excluding carboxylic acids is 2. The summed E-state index contributed by atoms with van der Waals surface area (Å²) in [5, 5.41) is 4.34. The predicted octanol–water partition coefficient (Wildman–Crippen LogP) is 3.82. The lowest BCUT2D eigenvalue weighted by Crippen LogP contribution is -2.35. The number of benzene rings is 1. The van der Waals surface area contributed by atoms with E-state index in [9.17, 15) is 9.59 Å². The average molecular weight is 462 g/mol. The van der Waals surface area contributed by atoms with E-state index < -0.39 is 11.6 Å². The van der Waals surface area contributed by atoms with Crippen LogP contribution in [-0.4, -0.2) is 72.8 Å². The standard InChI is InChI=1S/C23H31N3O5S/c1-23(2,3)31-22(28)26(4)11-6-12-30-16-8-10-17-15(13-16)7-9-18(24-17)20-25-19(14-32-20)21(27)29-5/h7-10,13,18-19,24H,6,11-12,14H2,1-5H3/t18?,19-/m1/s1. The Bertz CT molecular complexity index is 909. The third-order valence-corrected chi connectivity index (χ3v) is 5.96. The van der Waals surface area contributed by atoms with E-state index in [2.05, 4.69) is 10.3 Å². The second kappa shape index (κ2) is 10.3. The molecule has 8 nitrogen and oxygen atoms in total. The second-order valence-corrected chi connectivity index (χ2v) is 9.69. The van der Waals surface area contributed by atoms with Crippen molar-refractivity contribution < 1.29 is 23.8 Å². The maximum absolute atomic E-state index is 12.0. The summed E-state index contributed by atoms with van der Waals surface area (Å²) in [6, 6.07) is 5.39. The van der Waals surface area contributed by atoms with Crippen LogP contribution in [0.1, 0.15) is 32.8 Å². The van der Waals surface area contributed by atoms with Crippen LogP contribution in [0.15, 0.2) is 29.3 Å². The molecule has 0 spiro atoms. The summed E-state index contributed by atoms with van der Waals surface area (Å²) in [7, 11) is 3.11. The number of ether oxygens (including phenoxy) is 3. The molecule has 1 unspecified atom stereocenters. The lowest BCUT2D eigenvalue weighted by atomic mass is 10.1. The number of thioether (sulfide) groups is 1. The number of nitrogens with one attached hydrogen (secondary N) is 1.